The van der Waals surface area contributed by atoms with Crippen molar-refractivity contribution in [3.8, 4) is 6.07 Å². The first kappa shape index (κ1) is 15.7. The van der Waals surface area contributed by atoms with Crippen LogP contribution in [0.25, 0.3) is 5.78 Å². The van der Waals surface area contributed by atoms with Gasteiger partial charge in [0.25, 0.3) is 5.78 Å². The summed E-state index contributed by atoms with van der Waals surface area (Å²) >= 11 is 1.25. The number of rotatable bonds is 5. The van der Waals surface area contributed by atoms with Crippen molar-refractivity contribution in [2.45, 2.75) is 44.3 Å². The van der Waals surface area contributed by atoms with Crippen molar-refractivity contribution in [2.75, 3.05) is 5.75 Å². The molecule has 0 radical (unpaired) electrons. The molecule has 2 aromatic rings. The molecule has 1 aliphatic carbocycles. The van der Waals surface area contributed by atoms with Gasteiger partial charge in [0.05, 0.1) is 11.8 Å². The second-order valence-corrected chi connectivity index (χ2v) is 7.01. The standard InChI is InChI=1S/C15H18N6OS/c1-9-6-10(2)21-13(17-9)18-14(20-21)23-7-12(22)19-15(3,8-16)11-4-5-11/h6,11H,4-5,7H2,1-3H3,(H,19,22)/t15-/m0/s1. The maximum absolute atomic E-state index is 12.1. The molecule has 3 rings (SSSR count). The van der Waals surface area contributed by atoms with E-state index in [9.17, 15) is 10.1 Å². The second kappa shape index (κ2) is 5.81. The van der Waals surface area contributed by atoms with E-state index >= 15 is 0 Å². The molecule has 1 N–H and O–H groups in total. The fraction of sp³-hybridized carbons (Fsp3) is 0.533. The van der Waals surface area contributed by atoms with E-state index in [0.29, 0.717) is 10.9 Å². The predicted octanol–water partition coefficient (Wildman–Crippen LogP) is 1.64. The van der Waals surface area contributed by atoms with Crippen LogP contribution < -0.4 is 5.32 Å². The van der Waals surface area contributed by atoms with Crippen molar-refractivity contribution < 1.29 is 4.79 Å². The first-order valence-corrected chi connectivity index (χ1v) is 8.46. The molecule has 0 bridgehead atoms. The molecule has 1 saturated carbocycles. The molecule has 0 spiro atoms. The van der Waals surface area contributed by atoms with Gasteiger partial charge in [-0.05, 0) is 45.6 Å². The Labute approximate surface area is 138 Å². The predicted molar refractivity (Wildman–Crippen MR) is 85.9 cm³/mol. The van der Waals surface area contributed by atoms with Crippen LogP contribution in [-0.2, 0) is 4.79 Å². The number of fused-ring (bicyclic) bond motifs is 1. The van der Waals surface area contributed by atoms with Gasteiger partial charge >= 0.3 is 0 Å². The highest BCUT2D eigenvalue weighted by atomic mass is 32.2. The summed E-state index contributed by atoms with van der Waals surface area (Å²) in [4.78, 5) is 20.7. The molecule has 1 amide bonds. The van der Waals surface area contributed by atoms with Gasteiger partial charge in [-0.25, -0.2) is 9.50 Å². The molecular formula is C15H18N6OS. The number of amides is 1. The summed E-state index contributed by atoms with van der Waals surface area (Å²) in [5.41, 5.74) is 1.06. The van der Waals surface area contributed by atoms with Crippen LogP contribution in [0.2, 0.25) is 0 Å². The van der Waals surface area contributed by atoms with Crippen LogP contribution in [-0.4, -0.2) is 36.8 Å². The lowest BCUT2D eigenvalue weighted by Crippen LogP contribution is -2.47. The molecule has 7 nitrogen and oxygen atoms in total. The number of thioether (sulfide) groups is 1. The fourth-order valence-corrected chi connectivity index (χ4v) is 3.16. The molecule has 2 heterocycles. The molecule has 0 aromatic carbocycles. The average Bonchev–Trinajstić information content (AvgIpc) is 3.27. The minimum absolute atomic E-state index is 0.175. The lowest BCUT2D eigenvalue weighted by Gasteiger charge is -2.22. The molecule has 1 atom stereocenters. The van der Waals surface area contributed by atoms with E-state index in [1.807, 2.05) is 19.9 Å². The molecule has 0 saturated heterocycles. The lowest BCUT2D eigenvalue weighted by atomic mass is 9.98. The monoisotopic (exact) mass is 330 g/mol. The van der Waals surface area contributed by atoms with Crippen molar-refractivity contribution in [2.24, 2.45) is 5.92 Å². The number of aryl methyl sites for hydroxylation is 2. The molecule has 120 valence electrons. The Morgan fingerprint density at radius 1 is 1.52 bits per heavy atom. The zero-order valence-corrected chi connectivity index (χ0v) is 14.1. The Balaban J connectivity index is 1.65. The zero-order chi connectivity index (χ0) is 16.6. The van der Waals surface area contributed by atoms with Crippen LogP contribution in [0.15, 0.2) is 11.2 Å². The molecule has 23 heavy (non-hydrogen) atoms. The molecule has 1 aliphatic rings. The van der Waals surface area contributed by atoms with E-state index in [-0.39, 0.29) is 17.6 Å². The molecule has 0 aliphatic heterocycles. The smallest absolute Gasteiger partial charge is 0.253 e. The highest BCUT2D eigenvalue weighted by Crippen LogP contribution is 2.39. The number of nitrogens with zero attached hydrogens (tertiary/aromatic N) is 5. The molecule has 0 unspecified atom stereocenters. The molecule has 8 heteroatoms. The van der Waals surface area contributed by atoms with Crippen molar-refractivity contribution in [3.05, 3.63) is 17.5 Å². The largest absolute Gasteiger partial charge is 0.337 e. The first-order chi connectivity index (χ1) is 10.9. The third-order valence-electron chi connectivity index (χ3n) is 3.96. The van der Waals surface area contributed by atoms with Gasteiger partial charge in [0.15, 0.2) is 0 Å². The van der Waals surface area contributed by atoms with E-state index in [4.69, 9.17) is 0 Å². The summed E-state index contributed by atoms with van der Waals surface area (Å²) < 4.78 is 1.66. The number of nitrogens with one attached hydrogen (secondary N) is 1. The van der Waals surface area contributed by atoms with E-state index in [0.717, 1.165) is 24.2 Å². The number of carbonyl (C=O) groups excluding carboxylic acids is 1. The van der Waals surface area contributed by atoms with E-state index in [1.165, 1.54) is 11.8 Å². The maximum Gasteiger partial charge on any atom is 0.253 e. The van der Waals surface area contributed by atoms with Crippen LogP contribution in [0.3, 0.4) is 0 Å². The van der Waals surface area contributed by atoms with Gasteiger partial charge in [0.2, 0.25) is 11.1 Å². The number of hydrogen-bond acceptors (Lipinski definition) is 6. The minimum Gasteiger partial charge on any atom is -0.337 e. The number of nitriles is 1. The van der Waals surface area contributed by atoms with Crippen molar-refractivity contribution in [3.63, 3.8) is 0 Å². The Hall–Kier alpha value is -2.14. The van der Waals surface area contributed by atoms with Crippen LogP contribution >= 0.6 is 11.8 Å². The van der Waals surface area contributed by atoms with Gasteiger partial charge < -0.3 is 5.32 Å². The zero-order valence-electron chi connectivity index (χ0n) is 13.3. The number of hydrogen-bond donors (Lipinski definition) is 1. The van der Waals surface area contributed by atoms with Crippen LogP contribution in [0.1, 0.15) is 31.2 Å². The SMILES string of the molecule is Cc1cc(C)n2nc(SCC(=O)N[C@@](C)(C#N)C3CC3)nc2n1. The average molecular weight is 330 g/mol. The van der Waals surface area contributed by atoms with Crippen molar-refractivity contribution in [1.82, 2.24) is 24.9 Å². The number of aromatic nitrogens is 4. The van der Waals surface area contributed by atoms with Gasteiger partial charge in [-0.15, -0.1) is 5.10 Å². The van der Waals surface area contributed by atoms with Gasteiger partial charge in [0.1, 0.15) is 5.54 Å². The summed E-state index contributed by atoms with van der Waals surface area (Å²) in [5.74, 6) is 0.805. The summed E-state index contributed by atoms with van der Waals surface area (Å²) in [6.45, 7) is 5.63. The molecule has 2 aromatic heterocycles. The third-order valence-corrected chi connectivity index (χ3v) is 4.79. The minimum atomic E-state index is -0.765. The van der Waals surface area contributed by atoms with Crippen molar-refractivity contribution >= 4 is 23.4 Å². The quantitative estimate of drug-likeness (QED) is 0.837. The Morgan fingerprint density at radius 2 is 2.26 bits per heavy atom. The highest BCUT2D eigenvalue weighted by Gasteiger charge is 2.42. The fourth-order valence-electron chi connectivity index (χ4n) is 2.55. The van der Waals surface area contributed by atoms with Gasteiger partial charge in [-0.2, -0.15) is 10.2 Å². The Morgan fingerprint density at radius 3 is 2.91 bits per heavy atom. The summed E-state index contributed by atoms with van der Waals surface area (Å²) in [7, 11) is 0. The van der Waals surface area contributed by atoms with Crippen LogP contribution in [0.4, 0.5) is 0 Å². The van der Waals surface area contributed by atoms with Gasteiger partial charge in [-0.3, -0.25) is 4.79 Å². The highest BCUT2D eigenvalue weighted by molar-refractivity contribution is 7.99. The van der Waals surface area contributed by atoms with Crippen LogP contribution in [0, 0.1) is 31.1 Å². The lowest BCUT2D eigenvalue weighted by molar-refractivity contribution is -0.119. The third kappa shape index (κ3) is 3.29. The van der Waals surface area contributed by atoms with Crippen molar-refractivity contribution in [1.29, 1.82) is 5.26 Å². The molecular weight excluding hydrogens is 312 g/mol. The maximum atomic E-state index is 12.1. The summed E-state index contributed by atoms with van der Waals surface area (Å²) in [6.07, 6.45) is 1.99. The first-order valence-electron chi connectivity index (χ1n) is 7.47. The summed E-state index contributed by atoms with van der Waals surface area (Å²) in [6, 6.07) is 4.15. The van der Waals surface area contributed by atoms with Crippen LogP contribution in [0.5, 0.6) is 0 Å². The van der Waals surface area contributed by atoms with Gasteiger partial charge in [0, 0.05) is 11.4 Å². The van der Waals surface area contributed by atoms with E-state index in [2.05, 4.69) is 26.5 Å². The topological polar surface area (TPSA) is 96.0 Å². The Kier molecular flexibility index (Phi) is 3.98. The summed E-state index contributed by atoms with van der Waals surface area (Å²) in [5, 5.41) is 17.0. The Bertz CT molecular complexity index is 806. The van der Waals surface area contributed by atoms with Gasteiger partial charge in [-0.1, -0.05) is 11.8 Å². The van der Waals surface area contributed by atoms with E-state index in [1.54, 1.807) is 11.4 Å². The molecule has 1 fully saturated rings. The number of carbonyl (C=O) groups is 1. The van der Waals surface area contributed by atoms with E-state index < -0.39 is 5.54 Å². The normalized spacial score (nSPS) is 16.8. The second-order valence-electron chi connectivity index (χ2n) is 6.07.